The van der Waals surface area contributed by atoms with Crippen molar-refractivity contribution in [3.8, 4) is 0 Å². The minimum Gasteiger partial charge on any atom is -0.212 e. The molecule has 3 nitrogen and oxygen atoms in total. The molecule has 0 aliphatic rings. The van der Waals surface area contributed by atoms with Crippen LogP contribution in [-0.4, -0.2) is 14.2 Å². The third kappa shape index (κ3) is 3.96. The van der Waals surface area contributed by atoms with Crippen LogP contribution in [0.4, 0.5) is 0 Å². The van der Waals surface area contributed by atoms with Crippen molar-refractivity contribution in [2.75, 3.05) is 5.75 Å². The van der Waals surface area contributed by atoms with E-state index in [4.69, 9.17) is 11.6 Å². The average molecular weight is 254 g/mol. The van der Waals surface area contributed by atoms with Crippen LogP contribution >= 0.6 is 22.9 Å². The fourth-order valence-corrected chi connectivity index (χ4v) is 3.14. The molecule has 0 aliphatic carbocycles. The number of nitrogens with one attached hydrogen (secondary N) is 1. The van der Waals surface area contributed by atoms with Gasteiger partial charge in [-0.3, -0.25) is 0 Å². The van der Waals surface area contributed by atoms with Gasteiger partial charge in [0.05, 0.1) is 10.1 Å². The molecule has 0 aliphatic heterocycles. The molecule has 1 N–H and O–H groups in total. The molecule has 1 aromatic heterocycles. The van der Waals surface area contributed by atoms with Gasteiger partial charge in [-0.05, 0) is 18.6 Å². The molecule has 0 atom stereocenters. The molecule has 0 saturated heterocycles. The van der Waals surface area contributed by atoms with Crippen molar-refractivity contribution < 1.29 is 8.42 Å². The molecule has 0 saturated carbocycles. The molecule has 1 rings (SSSR count). The van der Waals surface area contributed by atoms with Gasteiger partial charge in [0.2, 0.25) is 10.0 Å². The maximum atomic E-state index is 11.3. The van der Waals surface area contributed by atoms with Gasteiger partial charge in [0.15, 0.2) is 0 Å². The molecule has 0 unspecified atom stereocenters. The van der Waals surface area contributed by atoms with Gasteiger partial charge in [-0.1, -0.05) is 18.5 Å². The highest BCUT2D eigenvalue weighted by molar-refractivity contribution is 7.89. The summed E-state index contributed by atoms with van der Waals surface area (Å²) in [6, 6.07) is 3.58. The quantitative estimate of drug-likeness (QED) is 0.875. The molecule has 0 fully saturated rings. The van der Waals surface area contributed by atoms with Gasteiger partial charge in [-0.25, -0.2) is 13.1 Å². The minimum atomic E-state index is -3.11. The summed E-state index contributed by atoms with van der Waals surface area (Å²) in [5, 5.41) is 0. The van der Waals surface area contributed by atoms with Crippen molar-refractivity contribution >= 4 is 33.0 Å². The van der Waals surface area contributed by atoms with Crippen LogP contribution in [0.15, 0.2) is 12.1 Å². The first kappa shape index (κ1) is 12.0. The van der Waals surface area contributed by atoms with Crippen LogP contribution in [0.3, 0.4) is 0 Å². The molecule has 0 amide bonds. The van der Waals surface area contributed by atoms with E-state index in [9.17, 15) is 8.42 Å². The zero-order valence-corrected chi connectivity index (χ0v) is 10.2. The molecule has 1 aromatic rings. The first-order valence-electron chi connectivity index (χ1n) is 4.25. The van der Waals surface area contributed by atoms with Gasteiger partial charge in [0.25, 0.3) is 0 Å². The van der Waals surface area contributed by atoms with Crippen LogP contribution in [0.5, 0.6) is 0 Å². The molecule has 0 bridgehead atoms. The van der Waals surface area contributed by atoms with E-state index in [0.29, 0.717) is 17.3 Å². The van der Waals surface area contributed by atoms with E-state index in [1.165, 1.54) is 11.3 Å². The van der Waals surface area contributed by atoms with Crippen LogP contribution in [0.25, 0.3) is 0 Å². The monoisotopic (exact) mass is 253 g/mol. The average Bonchev–Trinajstić information content (AvgIpc) is 2.48. The summed E-state index contributed by atoms with van der Waals surface area (Å²) in [7, 11) is -3.11. The molecule has 6 heteroatoms. The van der Waals surface area contributed by atoms with E-state index < -0.39 is 10.0 Å². The zero-order valence-electron chi connectivity index (χ0n) is 7.79. The molecule has 1 heterocycles. The molecule has 14 heavy (non-hydrogen) atoms. The van der Waals surface area contributed by atoms with E-state index in [2.05, 4.69) is 4.72 Å². The Balaban J connectivity index is 2.48. The van der Waals surface area contributed by atoms with Gasteiger partial charge < -0.3 is 0 Å². The second kappa shape index (κ2) is 5.11. The molecule has 0 radical (unpaired) electrons. The maximum Gasteiger partial charge on any atom is 0.211 e. The largest absolute Gasteiger partial charge is 0.212 e. The number of hydrogen-bond donors (Lipinski definition) is 1. The summed E-state index contributed by atoms with van der Waals surface area (Å²) in [6.07, 6.45) is 0.626. The predicted molar refractivity (Wildman–Crippen MR) is 60.2 cm³/mol. The summed E-state index contributed by atoms with van der Waals surface area (Å²) in [6.45, 7) is 2.17. The number of rotatable bonds is 5. The van der Waals surface area contributed by atoms with Gasteiger partial charge in [-0.15, -0.1) is 11.3 Å². The lowest BCUT2D eigenvalue weighted by atomic mass is 10.5. The molecular formula is C8H12ClNO2S2. The van der Waals surface area contributed by atoms with Crippen molar-refractivity contribution in [1.82, 2.24) is 4.72 Å². The number of thiophene rings is 1. The van der Waals surface area contributed by atoms with Crippen LogP contribution < -0.4 is 4.72 Å². The number of halogens is 1. The first-order chi connectivity index (χ1) is 6.53. The standard InChI is InChI=1S/C8H12ClNO2S2/c1-2-5-14(11,12)10-6-7-3-4-8(9)13-7/h3-4,10H,2,5-6H2,1H3. The predicted octanol–water partition coefficient (Wildman–Crippen LogP) is 2.23. The SMILES string of the molecule is CCCS(=O)(=O)NCc1ccc(Cl)s1. The Morgan fingerprint density at radius 3 is 2.71 bits per heavy atom. The Hall–Kier alpha value is -0.100. The maximum absolute atomic E-state index is 11.3. The third-order valence-corrected chi connectivity index (χ3v) is 4.33. The Bertz CT molecular complexity index is 386. The Morgan fingerprint density at radius 1 is 1.50 bits per heavy atom. The van der Waals surface area contributed by atoms with Crippen molar-refractivity contribution in [2.24, 2.45) is 0 Å². The highest BCUT2D eigenvalue weighted by Crippen LogP contribution is 2.21. The lowest BCUT2D eigenvalue weighted by molar-refractivity contribution is 0.580. The fraction of sp³-hybridized carbons (Fsp3) is 0.500. The second-order valence-corrected chi connectivity index (χ2v) is 6.57. The molecule has 0 aromatic carbocycles. The van der Waals surface area contributed by atoms with E-state index in [0.717, 1.165) is 4.88 Å². The molecular weight excluding hydrogens is 242 g/mol. The molecule has 0 spiro atoms. The van der Waals surface area contributed by atoms with Crippen molar-refractivity contribution in [3.05, 3.63) is 21.3 Å². The highest BCUT2D eigenvalue weighted by Gasteiger charge is 2.08. The zero-order chi connectivity index (χ0) is 10.6. The first-order valence-corrected chi connectivity index (χ1v) is 7.09. The smallest absolute Gasteiger partial charge is 0.211 e. The van der Waals surface area contributed by atoms with Gasteiger partial charge >= 0.3 is 0 Å². The van der Waals surface area contributed by atoms with E-state index in [1.807, 2.05) is 13.0 Å². The Morgan fingerprint density at radius 2 is 2.21 bits per heavy atom. The highest BCUT2D eigenvalue weighted by atomic mass is 35.5. The van der Waals surface area contributed by atoms with E-state index in [1.54, 1.807) is 6.07 Å². The second-order valence-electron chi connectivity index (χ2n) is 2.85. The van der Waals surface area contributed by atoms with Gasteiger partial charge in [0, 0.05) is 11.4 Å². The number of sulfonamides is 1. The summed E-state index contributed by atoms with van der Waals surface area (Å²) in [4.78, 5) is 0.926. The summed E-state index contributed by atoms with van der Waals surface area (Å²) < 4.78 is 25.7. The Labute approximate surface area is 93.1 Å². The summed E-state index contributed by atoms with van der Waals surface area (Å²) >= 11 is 7.10. The third-order valence-electron chi connectivity index (χ3n) is 1.57. The molecule has 80 valence electrons. The van der Waals surface area contributed by atoms with E-state index in [-0.39, 0.29) is 5.75 Å². The fourth-order valence-electron chi connectivity index (χ4n) is 0.969. The van der Waals surface area contributed by atoms with Crippen molar-refractivity contribution in [3.63, 3.8) is 0 Å². The Kier molecular flexibility index (Phi) is 4.37. The topological polar surface area (TPSA) is 46.2 Å². The van der Waals surface area contributed by atoms with E-state index >= 15 is 0 Å². The summed E-state index contributed by atoms with van der Waals surface area (Å²) in [5.41, 5.74) is 0. The van der Waals surface area contributed by atoms with Gasteiger partial charge in [0.1, 0.15) is 0 Å². The van der Waals surface area contributed by atoms with Crippen LogP contribution in [-0.2, 0) is 16.6 Å². The van der Waals surface area contributed by atoms with Crippen molar-refractivity contribution in [2.45, 2.75) is 19.9 Å². The van der Waals surface area contributed by atoms with Crippen LogP contribution in [0.1, 0.15) is 18.2 Å². The van der Waals surface area contributed by atoms with Gasteiger partial charge in [-0.2, -0.15) is 0 Å². The van der Waals surface area contributed by atoms with Crippen LogP contribution in [0, 0.1) is 0 Å². The number of hydrogen-bond acceptors (Lipinski definition) is 3. The lowest BCUT2D eigenvalue weighted by Crippen LogP contribution is -2.25. The summed E-state index contributed by atoms with van der Waals surface area (Å²) in [5.74, 6) is 0.173. The minimum absolute atomic E-state index is 0.173. The lowest BCUT2D eigenvalue weighted by Gasteiger charge is -2.02. The van der Waals surface area contributed by atoms with Crippen LogP contribution in [0.2, 0.25) is 4.34 Å². The van der Waals surface area contributed by atoms with Crippen molar-refractivity contribution in [1.29, 1.82) is 0 Å². The normalized spacial score (nSPS) is 11.9.